The number of hydrogen-bond acceptors (Lipinski definition) is 13. The van der Waals surface area contributed by atoms with Gasteiger partial charge in [0.1, 0.15) is 11.3 Å². The minimum atomic E-state index is -1.24. The number of aromatic nitrogens is 8. The van der Waals surface area contributed by atoms with E-state index in [0.29, 0.717) is 29.8 Å². The maximum Gasteiger partial charge on any atom is 0.341 e. The summed E-state index contributed by atoms with van der Waals surface area (Å²) >= 11 is 5.69. The number of allylic oxidation sites excluding steroid dienone is 2. The number of rotatable bonds is 13. The Balaban J connectivity index is 0.000000146. The molecule has 3 N–H and O–H groups in total. The van der Waals surface area contributed by atoms with Gasteiger partial charge < -0.3 is 20.0 Å². The number of aromatic carboxylic acids is 1. The van der Waals surface area contributed by atoms with E-state index in [-0.39, 0.29) is 66.4 Å². The van der Waals surface area contributed by atoms with Crippen molar-refractivity contribution in [1.82, 2.24) is 39.0 Å². The van der Waals surface area contributed by atoms with Gasteiger partial charge in [0.2, 0.25) is 16.6 Å². The highest BCUT2D eigenvalue weighted by atomic mass is 35.5. The minimum Gasteiger partial charge on any atom is -0.477 e. The van der Waals surface area contributed by atoms with Crippen LogP contribution in [0.25, 0.3) is 22.3 Å². The SMILES string of the molecule is CC(=O)c1cn(CC2(c3ccccc3)CCCC2)c2nccnc2c1=O.CC=C(C(C)=O)C(=O)c1nccnc1Cl.NCC1(c2ccccc2)CCCC1.O=C(O)c1cn(CC2(c3ccccc3)CCCC2)c2nccnc2c1=O. The Kier molecular flexibility index (Phi) is 19.0. The zero-order valence-corrected chi connectivity index (χ0v) is 46.1. The van der Waals surface area contributed by atoms with Gasteiger partial charge >= 0.3 is 5.97 Å². The maximum absolute atomic E-state index is 12.6. The monoisotopic (exact) mass is 1100 g/mol. The van der Waals surface area contributed by atoms with Gasteiger partial charge in [-0.05, 0) is 76.0 Å². The summed E-state index contributed by atoms with van der Waals surface area (Å²) in [6.45, 7) is 6.42. The van der Waals surface area contributed by atoms with Crippen LogP contribution in [0.5, 0.6) is 0 Å². The molecule has 0 amide bonds. The first-order valence-corrected chi connectivity index (χ1v) is 27.5. The molecule has 3 aromatic carbocycles. The third kappa shape index (κ3) is 12.8. The second-order valence-electron chi connectivity index (χ2n) is 20.9. The Labute approximate surface area is 469 Å². The van der Waals surface area contributed by atoms with Crippen LogP contribution in [0.1, 0.15) is 146 Å². The van der Waals surface area contributed by atoms with Crippen LogP contribution >= 0.6 is 11.6 Å². The molecular formula is C63H66ClN9O7. The van der Waals surface area contributed by atoms with Crippen molar-refractivity contribution in [3.63, 3.8) is 0 Å². The first kappa shape index (κ1) is 58.0. The number of carboxylic acid groups (broad SMARTS) is 1. The quantitative estimate of drug-likeness (QED) is 0.0473. The van der Waals surface area contributed by atoms with Crippen LogP contribution in [-0.2, 0) is 34.1 Å². The van der Waals surface area contributed by atoms with Gasteiger partial charge in [0.25, 0.3) is 0 Å². The van der Waals surface area contributed by atoms with E-state index in [9.17, 15) is 33.9 Å². The summed E-state index contributed by atoms with van der Waals surface area (Å²) in [6, 6.07) is 31.6. The van der Waals surface area contributed by atoms with Crippen molar-refractivity contribution >= 4 is 57.2 Å². The normalized spacial score (nSPS) is 15.8. The lowest BCUT2D eigenvalue weighted by Crippen LogP contribution is -2.31. The molecule has 3 fully saturated rings. The first-order valence-electron chi connectivity index (χ1n) is 27.1. The van der Waals surface area contributed by atoms with E-state index in [2.05, 4.69) is 96.6 Å². The maximum atomic E-state index is 12.6. The average Bonchev–Trinajstić information content (AvgIpc) is 4.31. The molecule has 8 aromatic rings. The lowest BCUT2D eigenvalue weighted by Gasteiger charge is -2.31. The highest BCUT2D eigenvalue weighted by Crippen LogP contribution is 2.44. The average molecular weight is 1100 g/mol. The predicted molar refractivity (Wildman–Crippen MR) is 309 cm³/mol. The molecule has 80 heavy (non-hydrogen) atoms. The molecular weight excluding hydrogens is 1030 g/mol. The molecule has 3 aliphatic carbocycles. The zero-order valence-electron chi connectivity index (χ0n) is 45.4. The Bertz CT molecular complexity index is 3480. The Morgan fingerprint density at radius 3 is 1.32 bits per heavy atom. The molecule has 5 aromatic heterocycles. The minimum absolute atomic E-state index is 0.00228. The van der Waals surface area contributed by atoms with E-state index in [0.717, 1.165) is 45.1 Å². The summed E-state index contributed by atoms with van der Waals surface area (Å²) in [5.41, 5.74) is 10.5. The van der Waals surface area contributed by atoms with Gasteiger partial charge in [0.15, 0.2) is 39.0 Å². The summed E-state index contributed by atoms with van der Waals surface area (Å²) in [6.07, 6.45) is 27.4. The molecule has 0 bridgehead atoms. The molecule has 11 rings (SSSR count). The van der Waals surface area contributed by atoms with E-state index in [1.807, 2.05) is 28.8 Å². The fourth-order valence-corrected chi connectivity index (χ4v) is 12.0. The van der Waals surface area contributed by atoms with Crippen LogP contribution in [0, 0.1) is 0 Å². The summed E-state index contributed by atoms with van der Waals surface area (Å²) in [4.78, 5) is 95.9. The molecule has 0 atom stereocenters. The number of pyridine rings is 2. The predicted octanol–water partition coefficient (Wildman–Crippen LogP) is 10.8. The van der Waals surface area contributed by atoms with Crippen LogP contribution in [0.2, 0.25) is 5.15 Å². The standard InChI is InChI=1S/C21H21N3O2.C20H19N3O3.C12H17N.C10H9ClN2O2/c1-15(25)17-13-24(20-18(19(17)26)22-11-12-23-20)14-21(9-5-6-10-21)16-7-3-2-4-8-16;24-17-15(19(25)26)12-23(18-16(17)21-10-11-22-18)13-20(8-4-5-9-20)14-6-2-1-3-7-14;13-10-12(8-4-5-9-12)11-6-2-1-3-7-11;1-3-7(6(2)14)9(15)8-10(11)13-5-4-12-8/h2-4,7-8,11-13H,5-6,9-10,14H2,1H3;1-3,6-7,10-12H,4-5,8-9,13H2,(H,25,26);1-3,6-7H,4-5,8-10,13H2;3-5H,1-2H3. The fraction of sp³-hybridized carbons (Fsp3) is 0.333. The molecule has 0 radical (unpaired) electrons. The molecule has 16 nitrogen and oxygen atoms in total. The molecule has 0 aliphatic heterocycles. The number of fused-ring (bicyclic) bond motifs is 2. The number of benzene rings is 3. The number of nitrogens with two attached hydrogens (primary N) is 1. The molecule has 17 heteroatoms. The van der Waals surface area contributed by atoms with Gasteiger partial charge in [-0.1, -0.05) is 147 Å². The number of carbonyl (C=O) groups is 4. The number of carbonyl (C=O) groups excluding carboxylic acids is 3. The van der Waals surface area contributed by atoms with E-state index < -0.39 is 17.2 Å². The van der Waals surface area contributed by atoms with Crippen LogP contribution in [-0.4, -0.2) is 74.0 Å². The Morgan fingerprint density at radius 1 is 0.562 bits per heavy atom. The van der Waals surface area contributed by atoms with Gasteiger partial charge in [0.05, 0.1) is 11.1 Å². The van der Waals surface area contributed by atoms with Crippen molar-refractivity contribution in [3.8, 4) is 0 Å². The van der Waals surface area contributed by atoms with Crippen molar-refractivity contribution in [2.24, 2.45) is 5.73 Å². The van der Waals surface area contributed by atoms with Crippen LogP contribution in [0.15, 0.2) is 162 Å². The Morgan fingerprint density at radius 2 is 0.938 bits per heavy atom. The van der Waals surface area contributed by atoms with Gasteiger partial charge in [-0.3, -0.25) is 24.0 Å². The number of ketones is 3. The van der Waals surface area contributed by atoms with Crippen LogP contribution in [0.3, 0.4) is 0 Å². The van der Waals surface area contributed by atoms with Crippen LogP contribution < -0.4 is 16.6 Å². The van der Waals surface area contributed by atoms with Gasteiger partial charge in [-0.25, -0.2) is 34.7 Å². The molecule has 3 saturated carbocycles. The largest absolute Gasteiger partial charge is 0.477 e. The number of halogens is 1. The highest BCUT2D eigenvalue weighted by molar-refractivity contribution is 6.35. The molecule has 0 unspecified atom stereocenters. The third-order valence-electron chi connectivity index (χ3n) is 16.0. The zero-order chi connectivity index (χ0) is 56.9. The second kappa shape index (κ2) is 26.2. The fourth-order valence-electron chi connectivity index (χ4n) is 11.8. The highest BCUT2D eigenvalue weighted by Gasteiger charge is 2.38. The number of Topliss-reactive ketones (excluding diaryl/α,β-unsaturated/α-hetero) is 3. The van der Waals surface area contributed by atoms with Gasteiger partial charge in [-0.2, -0.15) is 0 Å². The number of carboxylic acids is 1. The molecule has 412 valence electrons. The van der Waals surface area contributed by atoms with E-state index >= 15 is 0 Å². The summed E-state index contributed by atoms with van der Waals surface area (Å²) in [7, 11) is 0. The number of nitrogens with zero attached hydrogens (tertiary/aromatic N) is 8. The third-order valence-corrected chi connectivity index (χ3v) is 16.2. The van der Waals surface area contributed by atoms with Gasteiger partial charge in [-0.15, -0.1) is 0 Å². The molecule has 0 saturated heterocycles. The Hall–Kier alpha value is -8.21. The van der Waals surface area contributed by atoms with Crippen molar-refractivity contribution in [2.45, 2.75) is 127 Å². The summed E-state index contributed by atoms with van der Waals surface area (Å²) in [5.74, 6) is -2.29. The van der Waals surface area contributed by atoms with Crippen molar-refractivity contribution in [2.75, 3.05) is 6.54 Å². The lowest BCUT2D eigenvalue weighted by atomic mass is 9.78. The van der Waals surface area contributed by atoms with Gasteiger partial charge in [0, 0.05) is 85.5 Å². The van der Waals surface area contributed by atoms with E-state index in [1.165, 1.54) is 112 Å². The smallest absolute Gasteiger partial charge is 0.341 e. The first-order chi connectivity index (χ1) is 38.7. The van der Waals surface area contributed by atoms with Crippen LogP contribution in [0.4, 0.5) is 0 Å². The summed E-state index contributed by atoms with van der Waals surface area (Å²) in [5, 5.41) is 9.43. The van der Waals surface area contributed by atoms with E-state index in [1.54, 1.807) is 23.9 Å². The summed E-state index contributed by atoms with van der Waals surface area (Å²) < 4.78 is 3.75. The second-order valence-corrected chi connectivity index (χ2v) is 21.2. The topological polar surface area (TPSA) is 236 Å². The lowest BCUT2D eigenvalue weighted by molar-refractivity contribution is -0.113. The molecule has 3 aliphatic rings. The van der Waals surface area contributed by atoms with Crippen molar-refractivity contribution < 1.29 is 24.3 Å². The van der Waals surface area contributed by atoms with Crippen molar-refractivity contribution in [1.29, 1.82) is 0 Å². The molecule has 0 spiro atoms. The molecule has 5 heterocycles. The van der Waals surface area contributed by atoms with E-state index in [4.69, 9.17) is 17.3 Å². The number of hydrogen-bond donors (Lipinski definition) is 2. The van der Waals surface area contributed by atoms with Crippen molar-refractivity contribution in [3.05, 3.63) is 211 Å².